The molecule has 0 radical (unpaired) electrons. The van der Waals surface area contributed by atoms with Gasteiger partial charge in [-0.1, -0.05) is 0 Å². The van der Waals surface area contributed by atoms with E-state index in [1.54, 1.807) is 6.26 Å². The van der Waals surface area contributed by atoms with Crippen LogP contribution in [0.15, 0.2) is 36.6 Å². The maximum absolute atomic E-state index is 10.6. The third-order valence-corrected chi connectivity index (χ3v) is 3.03. The van der Waals surface area contributed by atoms with Crippen LogP contribution in [0.5, 0.6) is 5.75 Å². The molecule has 1 heterocycles. The third kappa shape index (κ3) is 4.84. The number of carbonyl (C=O) groups excluding carboxylic acids is 1. The van der Waals surface area contributed by atoms with Gasteiger partial charge in [-0.15, -0.1) is 0 Å². The van der Waals surface area contributed by atoms with Gasteiger partial charge in [0.15, 0.2) is 0 Å². The molecule has 0 aromatic heterocycles. The van der Waals surface area contributed by atoms with E-state index in [0.29, 0.717) is 6.61 Å². The zero-order chi connectivity index (χ0) is 14.2. The van der Waals surface area contributed by atoms with Crippen molar-refractivity contribution < 1.29 is 14.3 Å². The van der Waals surface area contributed by atoms with Crippen molar-refractivity contribution in [2.24, 2.45) is 5.73 Å². The van der Waals surface area contributed by atoms with Crippen LogP contribution in [0.4, 0.5) is 5.69 Å². The zero-order valence-electron chi connectivity index (χ0n) is 11.4. The first-order valence-corrected chi connectivity index (χ1v) is 6.79. The van der Waals surface area contributed by atoms with Crippen LogP contribution in [0.1, 0.15) is 19.3 Å². The van der Waals surface area contributed by atoms with Gasteiger partial charge in [0.1, 0.15) is 11.9 Å². The lowest BCUT2D eigenvalue weighted by atomic mass is 10.1. The molecule has 20 heavy (non-hydrogen) atoms. The number of nitrogens with one attached hydrogen (secondary N) is 1. The van der Waals surface area contributed by atoms with Crippen LogP contribution in [0, 0.1) is 0 Å². The Hall–Kier alpha value is -2.17. The molecule has 1 aliphatic heterocycles. The lowest BCUT2D eigenvalue weighted by Crippen LogP contribution is -2.22. The number of anilines is 1. The molecule has 5 heteroatoms. The van der Waals surface area contributed by atoms with E-state index in [2.05, 4.69) is 5.32 Å². The molecule has 1 atom stereocenters. The molecule has 3 N–H and O–H groups in total. The molecule has 1 aromatic carbocycles. The number of primary amides is 1. The molecular weight excluding hydrogens is 256 g/mol. The number of nitrogens with two attached hydrogens (primary N) is 1. The van der Waals surface area contributed by atoms with Gasteiger partial charge in [0.2, 0.25) is 5.91 Å². The lowest BCUT2D eigenvalue weighted by molar-refractivity contribution is -0.118. The maximum atomic E-state index is 10.6. The number of hydrogen-bond acceptors (Lipinski definition) is 4. The quantitative estimate of drug-likeness (QED) is 0.799. The van der Waals surface area contributed by atoms with Crippen molar-refractivity contribution in [2.75, 3.05) is 18.5 Å². The minimum atomic E-state index is -0.357. The summed E-state index contributed by atoms with van der Waals surface area (Å²) in [6.45, 7) is 1.09. The molecule has 5 nitrogen and oxygen atoms in total. The number of amides is 1. The summed E-state index contributed by atoms with van der Waals surface area (Å²) in [7, 11) is 0. The van der Waals surface area contributed by atoms with E-state index in [1.165, 1.54) is 0 Å². The summed E-state index contributed by atoms with van der Waals surface area (Å²) in [5.41, 5.74) is 6.06. The third-order valence-electron chi connectivity index (χ3n) is 3.03. The monoisotopic (exact) mass is 276 g/mol. The topological polar surface area (TPSA) is 73.6 Å². The summed E-state index contributed by atoms with van der Waals surface area (Å²) in [5.74, 6) is 0.374. The molecule has 0 spiro atoms. The van der Waals surface area contributed by atoms with Crippen LogP contribution >= 0.6 is 0 Å². The van der Waals surface area contributed by atoms with Gasteiger partial charge in [-0.3, -0.25) is 4.79 Å². The van der Waals surface area contributed by atoms with E-state index in [4.69, 9.17) is 15.2 Å². The highest BCUT2D eigenvalue weighted by Crippen LogP contribution is 2.17. The average Bonchev–Trinajstić information content (AvgIpc) is 2.47. The van der Waals surface area contributed by atoms with E-state index in [0.717, 1.165) is 30.8 Å². The molecule has 1 unspecified atom stereocenters. The second-order valence-corrected chi connectivity index (χ2v) is 4.68. The molecule has 1 aliphatic rings. The number of rotatable bonds is 7. The fourth-order valence-corrected chi connectivity index (χ4v) is 1.91. The Morgan fingerprint density at radius 3 is 2.85 bits per heavy atom. The highest BCUT2D eigenvalue weighted by atomic mass is 16.5. The molecule has 108 valence electrons. The number of allylic oxidation sites excluding steroid dienone is 1. The summed E-state index contributed by atoms with van der Waals surface area (Å²) >= 11 is 0. The fraction of sp³-hybridized carbons (Fsp3) is 0.400. The van der Waals surface area contributed by atoms with E-state index in [9.17, 15) is 4.79 Å². The van der Waals surface area contributed by atoms with Gasteiger partial charge < -0.3 is 20.5 Å². The molecule has 0 saturated carbocycles. The van der Waals surface area contributed by atoms with Gasteiger partial charge in [-0.2, -0.15) is 0 Å². The van der Waals surface area contributed by atoms with Gasteiger partial charge in [-0.05, 0) is 43.2 Å². The van der Waals surface area contributed by atoms with Gasteiger partial charge in [-0.25, -0.2) is 0 Å². The van der Waals surface area contributed by atoms with Crippen molar-refractivity contribution in [1.29, 1.82) is 0 Å². The Labute approximate surface area is 118 Å². The van der Waals surface area contributed by atoms with E-state index < -0.39 is 0 Å². The largest absolute Gasteiger partial charge is 0.497 e. The number of ether oxygens (including phenoxy) is 2. The standard InChI is InChI=1S/C15H20N2O3/c16-15(18)8-10-20-13-6-4-12(5-7-13)17-11-14-3-1-2-9-19-14/h2,4-7,9,14,17H,1,3,8,10-11H2,(H2,16,18). The van der Waals surface area contributed by atoms with E-state index >= 15 is 0 Å². The van der Waals surface area contributed by atoms with Crippen LogP contribution in [0.25, 0.3) is 0 Å². The molecule has 0 aliphatic carbocycles. The summed E-state index contributed by atoms with van der Waals surface area (Å²) in [6, 6.07) is 7.62. The predicted octanol–water partition coefficient (Wildman–Crippen LogP) is 2.05. The SMILES string of the molecule is NC(=O)CCOc1ccc(NCC2CCC=CO2)cc1. The van der Waals surface area contributed by atoms with Crippen molar-refractivity contribution in [3.8, 4) is 5.75 Å². The Balaban J connectivity index is 1.73. The van der Waals surface area contributed by atoms with Crippen LogP contribution < -0.4 is 15.8 Å². The van der Waals surface area contributed by atoms with Crippen molar-refractivity contribution in [3.05, 3.63) is 36.6 Å². The first kappa shape index (κ1) is 14.2. The number of benzene rings is 1. The molecule has 0 fully saturated rings. The summed E-state index contributed by atoms with van der Waals surface area (Å²) < 4.78 is 10.9. The Bertz CT molecular complexity index is 457. The van der Waals surface area contributed by atoms with Crippen LogP contribution in [-0.2, 0) is 9.53 Å². The Kier molecular flexibility index (Phi) is 5.29. The van der Waals surface area contributed by atoms with Crippen molar-refractivity contribution in [3.63, 3.8) is 0 Å². The first-order chi connectivity index (χ1) is 9.74. The average molecular weight is 276 g/mol. The summed E-state index contributed by atoms with van der Waals surface area (Å²) in [4.78, 5) is 10.6. The Morgan fingerprint density at radius 2 is 2.20 bits per heavy atom. The molecule has 0 saturated heterocycles. The lowest BCUT2D eigenvalue weighted by Gasteiger charge is -2.20. The molecule has 1 aromatic rings. The fourth-order valence-electron chi connectivity index (χ4n) is 1.91. The van der Waals surface area contributed by atoms with Gasteiger partial charge in [0.05, 0.1) is 25.8 Å². The number of carbonyl (C=O) groups is 1. The van der Waals surface area contributed by atoms with Gasteiger partial charge >= 0.3 is 0 Å². The van der Waals surface area contributed by atoms with Crippen molar-refractivity contribution in [2.45, 2.75) is 25.4 Å². The molecule has 0 bridgehead atoms. The second-order valence-electron chi connectivity index (χ2n) is 4.68. The van der Waals surface area contributed by atoms with E-state index in [-0.39, 0.29) is 18.4 Å². The summed E-state index contributed by atoms with van der Waals surface area (Å²) in [5, 5.41) is 3.33. The molecule has 1 amide bonds. The number of hydrogen-bond donors (Lipinski definition) is 2. The summed E-state index contributed by atoms with van der Waals surface area (Å²) in [6.07, 6.45) is 6.37. The predicted molar refractivity (Wildman–Crippen MR) is 77.5 cm³/mol. The highest BCUT2D eigenvalue weighted by Gasteiger charge is 2.10. The minimum Gasteiger partial charge on any atom is -0.497 e. The Morgan fingerprint density at radius 1 is 1.40 bits per heavy atom. The van der Waals surface area contributed by atoms with Crippen molar-refractivity contribution >= 4 is 11.6 Å². The second kappa shape index (κ2) is 7.43. The maximum Gasteiger partial charge on any atom is 0.220 e. The van der Waals surface area contributed by atoms with Crippen LogP contribution in [0.3, 0.4) is 0 Å². The van der Waals surface area contributed by atoms with E-state index in [1.807, 2.05) is 30.3 Å². The highest BCUT2D eigenvalue weighted by molar-refractivity contribution is 5.73. The minimum absolute atomic E-state index is 0.228. The first-order valence-electron chi connectivity index (χ1n) is 6.79. The molecular formula is C15H20N2O3. The van der Waals surface area contributed by atoms with Crippen LogP contribution in [-0.4, -0.2) is 25.2 Å². The van der Waals surface area contributed by atoms with Gasteiger partial charge in [0.25, 0.3) is 0 Å². The van der Waals surface area contributed by atoms with Gasteiger partial charge in [0, 0.05) is 5.69 Å². The molecule has 2 rings (SSSR count). The zero-order valence-corrected chi connectivity index (χ0v) is 11.4. The van der Waals surface area contributed by atoms with Crippen molar-refractivity contribution in [1.82, 2.24) is 0 Å². The smallest absolute Gasteiger partial charge is 0.220 e. The van der Waals surface area contributed by atoms with Crippen LogP contribution in [0.2, 0.25) is 0 Å². The normalized spacial score (nSPS) is 17.3.